The van der Waals surface area contributed by atoms with E-state index in [4.69, 9.17) is 9.47 Å². The van der Waals surface area contributed by atoms with Crippen LogP contribution >= 0.6 is 22.7 Å². The first-order valence-electron chi connectivity index (χ1n) is 15.9. The highest BCUT2D eigenvalue weighted by Gasteiger charge is 2.41. The number of hydrogen-bond donors (Lipinski definition) is 4. The summed E-state index contributed by atoms with van der Waals surface area (Å²) in [5, 5.41) is 27.0. The van der Waals surface area contributed by atoms with Crippen molar-refractivity contribution in [1.82, 2.24) is 25.1 Å². The molecule has 0 radical (unpaired) electrons. The highest BCUT2D eigenvalue weighted by molar-refractivity contribution is 7.16. The third-order valence-electron chi connectivity index (χ3n) is 9.18. The summed E-state index contributed by atoms with van der Waals surface area (Å²) >= 11 is 2.60. The third kappa shape index (κ3) is 6.99. The van der Waals surface area contributed by atoms with Crippen LogP contribution in [-0.4, -0.2) is 94.0 Å². The minimum atomic E-state index is -0.823. The lowest BCUT2D eigenvalue weighted by atomic mass is 9.89. The Morgan fingerprint density at radius 2 is 1.98 bits per heavy atom. The molecule has 4 aromatic rings. The van der Waals surface area contributed by atoms with E-state index in [-0.39, 0.29) is 22.1 Å². The number of benzene rings is 2. The van der Waals surface area contributed by atoms with E-state index in [1.807, 2.05) is 34.5 Å². The highest BCUT2D eigenvalue weighted by atomic mass is 32.1. The zero-order chi connectivity index (χ0) is 31.7. The minimum Gasteiger partial charge on any atom is -0.506 e. The number of likely N-dealkylation sites (tertiary alicyclic amines) is 1. The molecule has 1 saturated carbocycles. The van der Waals surface area contributed by atoms with Gasteiger partial charge in [-0.15, -0.1) is 11.3 Å². The molecule has 2 aromatic carbocycles. The zero-order valence-corrected chi connectivity index (χ0v) is 27.2. The number of amides is 1. The van der Waals surface area contributed by atoms with Gasteiger partial charge in [0.25, 0.3) is 5.91 Å². The van der Waals surface area contributed by atoms with Crippen molar-refractivity contribution in [1.29, 1.82) is 0 Å². The average molecular weight is 666 g/mol. The number of hydrogen-bond acceptors (Lipinski definition) is 11. The van der Waals surface area contributed by atoms with Crippen LogP contribution in [0, 0.1) is 0 Å². The molecule has 0 unspecified atom stereocenters. The molecule has 1 aliphatic carbocycles. The molecule has 1 amide bonds. The second kappa shape index (κ2) is 13.4. The fourth-order valence-corrected chi connectivity index (χ4v) is 8.21. The topological polar surface area (TPSA) is 140 Å². The van der Waals surface area contributed by atoms with Crippen LogP contribution in [-0.2, 0) is 11.3 Å². The molecule has 1 spiro atoms. The Morgan fingerprint density at radius 1 is 1.17 bits per heavy atom. The SMILES string of the molecule is O=C(c1csc(C2CC2)n1)N1CCOC2(CCN(CCOc3ccc(CNC[C@H](O)c4ccc(O)c5[nH]c(=O)sc45)cc3)CC2)C1. The molecule has 244 valence electrons. The van der Waals surface area contributed by atoms with Crippen LogP contribution in [0.1, 0.15) is 64.3 Å². The molecular weight excluding hydrogens is 627 g/mol. The van der Waals surface area contributed by atoms with Crippen LogP contribution in [0.5, 0.6) is 11.5 Å². The molecule has 2 aliphatic heterocycles. The molecule has 0 bridgehead atoms. The number of thiazole rings is 2. The third-order valence-corrected chi connectivity index (χ3v) is 11.1. The van der Waals surface area contributed by atoms with Crippen molar-refractivity contribution in [3.8, 4) is 11.5 Å². The lowest BCUT2D eigenvalue weighted by Gasteiger charge is -2.47. The number of nitrogens with zero attached hydrogens (tertiary/aromatic N) is 3. The van der Waals surface area contributed by atoms with Crippen molar-refractivity contribution in [3.05, 3.63) is 73.3 Å². The smallest absolute Gasteiger partial charge is 0.305 e. The van der Waals surface area contributed by atoms with Gasteiger partial charge in [0.05, 0.1) is 34.6 Å². The van der Waals surface area contributed by atoms with Crippen LogP contribution in [0.2, 0.25) is 0 Å². The van der Waals surface area contributed by atoms with Crippen LogP contribution in [0.15, 0.2) is 46.6 Å². The number of phenolic OH excluding ortho intramolecular Hbond substituents is 1. The molecule has 11 nitrogen and oxygen atoms in total. The molecule has 2 aromatic heterocycles. The van der Waals surface area contributed by atoms with E-state index in [2.05, 4.69) is 20.2 Å². The van der Waals surface area contributed by atoms with Gasteiger partial charge in [-0.2, -0.15) is 0 Å². The fourth-order valence-electron chi connectivity index (χ4n) is 6.33. The number of carbonyl (C=O) groups is 1. The molecule has 4 heterocycles. The molecule has 2 saturated heterocycles. The molecule has 3 aliphatic rings. The summed E-state index contributed by atoms with van der Waals surface area (Å²) in [4.78, 5) is 36.3. The fraction of sp³-hybridized carbons (Fsp3) is 0.485. The summed E-state index contributed by atoms with van der Waals surface area (Å²) in [7, 11) is 0. The van der Waals surface area contributed by atoms with Crippen molar-refractivity contribution in [2.45, 2.75) is 49.9 Å². The normalized spacial score (nSPS) is 19.1. The Balaban J connectivity index is 0.822. The van der Waals surface area contributed by atoms with Gasteiger partial charge in [-0.05, 0) is 49.4 Å². The Labute approximate surface area is 274 Å². The van der Waals surface area contributed by atoms with Gasteiger partial charge < -0.3 is 34.9 Å². The number of carbonyl (C=O) groups excluding carboxylic acids is 1. The highest BCUT2D eigenvalue weighted by Crippen LogP contribution is 2.41. The van der Waals surface area contributed by atoms with Gasteiger partial charge in [-0.3, -0.25) is 14.5 Å². The van der Waals surface area contributed by atoms with Gasteiger partial charge in [-0.1, -0.05) is 29.5 Å². The van der Waals surface area contributed by atoms with Gasteiger partial charge >= 0.3 is 4.87 Å². The van der Waals surface area contributed by atoms with Gasteiger partial charge in [-0.25, -0.2) is 4.98 Å². The largest absolute Gasteiger partial charge is 0.506 e. The van der Waals surface area contributed by atoms with Crippen molar-refractivity contribution in [2.75, 3.05) is 52.5 Å². The number of morpholine rings is 1. The predicted molar refractivity (Wildman–Crippen MR) is 177 cm³/mol. The maximum Gasteiger partial charge on any atom is 0.305 e. The molecular formula is C33H39N5O6S2. The quantitative estimate of drug-likeness (QED) is 0.188. The van der Waals surface area contributed by atoms with E-state index in [1.165, 1.54) is 18.9 Å². The maximum absolute atomic E-state index is 13.2. The van der Waals surface area contributed by atoms with Crippen molar-refractivity contribution >= 4 is 38.8 Å². The number of aliphatic hydroxyl groups excluding tert-OH is 1. The number of fused-ring (bicyclic) bond motifs is 1. The van der Waals surface area contributed by atoms with E-state index in [9.17, 15) is 19.8 Å². The number of aliphatic hydroxyl groups is 1. The number of aromatic amines is 1. The van der Waals surface area contributed by atoms with E-state index in [0.29, 0.717) is 66.8 Å². The monoisotopic (exact) mass is 665 g/mol. The van der Waals surface area contributed by atoms with Crippen molar-refractivity contribution < 1.29 is 24.5 Å². The number of H-pyrrole nitrogens is 1. The number of ether oxygens (including phenoxy) is 2. The Hall–Kier alpha value is -3.33. The van der Waals surface area contributed by atoms with Crippen LogP contribution in [0.25, 0.3) is 10.2 Å². The molecule has 13 heteroatoms. The molecule has 7 rings (SSSR count). The van der Waals surface area contributed by atoms with Crippen LogP contribution in [0.3, 0.4) is 0 Å². The Kier molecular flexibility index (Phi) is 9.12. The molecule has 46 heavy (non-hydrogen) atoms. The predicted octanol–water partition coefficient (Wildman–Crippen LogP) is 3.84. The Bertz CT molecular complexity index is 1720. The van der Waals surface area contributed by atoms with Crippen LogP contribution < -0.4 is 14.9 Å². The second-order valence-corrected chi connectivity index (χ2v) is 14.3. The first-order valence-corrected chi connectivity index (χ1v) is 17.6. The summed E-state index contributed by atoms with van der Waals surface area (Å²) in [6.45, 7) is 5.90. The number of piperidine rings is 1. The standard InChI is InChI=1S/C33H39N5O6S2/c39-26-8-7-24(29-28(26)36-32(42)46-29)27(40)18-34-17-21-1-5-23(6-2-21)43-15-13-37-11-9-33(10-12-37)20-38(14-16-44-33)31(41)25-19-45-30(35-25)22-3-4-22/h1-2,5-8,19,22,27,34,39-40H,3-4,9-18,20H2,(H,36,42)/t27-/m0/s1. The van der Waals surface area contributed by atoms with E-state index < -0.39 is 6.10 Å². The molecule has 1 atom stereocenters. The summed E-state index contributed by atoms with van der Waals surface area (Å²) in [5.41, 5.74) is 2.33. The van der Waals surface area contributed by atoms with E-state index in [0.717, 1.165) is 60.1 Å². The first-order chi connectivity index (χ1) is 22.4. The van der Waals surface area contributed by atoms with Gasteiger partial charge in [0.2, 0.25) is 0 Å². The number of aromatic nitrogens is 2. The number of rotatable bonds is 11. The van der Waals surface area contributed by atoms with E-state index >= 15 is 0 Å². The maximum atomic E-state index is 13.2. The Morgan fingerprint density at radius 3 is 2.76 bits per heavy atom. The second-order valence-electron chi connectivity index (χ2n) is 12.5. The minimum absolute atomic E-state index is 0.00608. The average Bonchev–Trinajstić information content (AvgIpc) is 3.65. The number of nitrogens with one attached hydrogen (secondary N) is 2. The zero-order valence-electron chi connectivity index (χ0n) is 25.6. The number of phenols is 1. The molecule has 4 N–H and O–H groups in total. The van der Waals surface area contributed by atoms with Gasteiger partial charge in [0.15, 0.2) is 0 Å². The van der Waals surface area contributed by atoms with E-state index in [1.54, 1.807) is 17.4 Å². The summed E-state index contributed by atoms with van der Waals surface area (Å²) in [6.07, 6.45) is 3.34. The summed E-state index contributed by atoms with van der Waals surface area (Å²) < 4.78 is 12.9. The van der Waals surface area contributed by atoms with Gasteiger partial charge in [0.1, 0.15) is 29.3 Å². The van der Waals surface area contributed by atoms with Crippen LogP contribution in [0.4, 0.5) is 0 Å². The lowest BCUT2D eigenvalue weighted by Crippen LogP contribution is -2.58. The van der Waals surface area contributed by atoms with Gasteiger partial charge in [0, 0.05) is 56.1 Å². The summed E-state index contributed by atoms with van der Waals surface area (Å²) in [6, 6.07) is 11.0. The van der Waals surface area contributed by atoms with Crippen molar-refractivity contribution in [3.63, 3.8) is 0 Å². The lowest BCUT2D eigenvalue weighted by molar-refractivity contribution is -0.127. The number of aromatic hydroxyl groups is 1. The van der Waals surface area contributed by atoms with Crippen molar-refractivity contribution in [2.24, 2.45) is 0 Å². The molecule has 3 fully saturated rings. The summed E-state index contributed by atoms with van der Waals surface area (Å²) in [5.74, 6) is 1.40. The first kappa shape index (κ1) is 31.3.